The van der Waals surface area contributed by atoms with E-state index in [1.807, 2.05) is 38.1 Å². The van der Waals surface area contributed by atoms with Gasteiger partial charge < -0.3 is 10.1 Å². The van der Waals surface area contributed by atoms with Crippen LogP contribution in [0.4, 0.5) is 0 Å². The number of hydrogen-bond donors (Lipinski definition) is 2. The highest BCUT2D eigenvalue weighted by Crippen LogP contribution is 2.20. The summed E-state index contributed by atoms with van der Waals surface area (Å²) in [5.41, 5.74) is 1.48. The van der Waals surface area contributed by atoms with E-state index in [9.17, 15) is 9.90 Å². The van der Waals surface area contributed by atoms with Gasteiger partial charge in [-0.15, -0.1) is 0 Å². The molecule has 1 atom stereocenters. The van der Waals surface area contributed by atoms with Gasteiger partial charge in [0.15, 0.2) is 5.78 Å². The van der Waals surface area contributed by atoms with Gasteiger partial charge >= 0.3 is 0 Å². The fourth-order valence-corrected chi connectivity index (χ4v) is 1.74. The monoisotopic (exact) mass is 217 g/mol. The molecular formula is C13H15NO2. The van der Waals surface area contributed by atoms with E-state index in [2.05, 4.69) is 4.98 Å². The Bertz CT molecular complexity index is 513. The molecule has 0 spiro atoms. The first-order valence-electron chi connectivity index (χ1n) is 5.39. The lowest BCUT2D eigenvalue weighted by molar-refractivity contribution is 0.0650. The van der Waals surface area contributed by atoms with Crippen LogP contribution in [0.15, 0.2) is 30.5 Å². The summed E-state index contributed by atoms with van der Waals surface area (Å²) >= 11 is 0. The van der Waals surface area contributed by atoms with Crippen molar-refractivity contribution < 1.29 is 9.90 Å². The Morgan fingerprint density at radius 2 is 2.00 bits per heavy atom. The third-order valence-corrected chi connectivity index (χ3v) is 2.75. The number of nitrogens with one attached hydrogen (secondary N) is 1. The number of ketones is 1. The Morgan fingerprint density at radius 1 is 1.31 bits per heavy atom. The second-order valence-electron chi connectivity index (χ2n) is 4.30. The number of aliphatic hydroxyl groups is 1. The standard InChI is InChI=1S/C13H15NO2/c1-8(2)12(15)13(16)10-7-14-11-6-4-3-5-9(10)11/h3-8,12,14-15H,1-2H3/t12-/m1/s1. The SMILES string of the molecule is CC(C)[C@@H](O)C(=O)c1c[nH]c2ccccc12. The minimum Gasteiger partial charge on any atom is -0.385 e. The van der Waals surface area contributed by atoms with Crippen molar-refractivity contribution in [1.29, 1.82) is 0 Å². The number of H-pyrrole nitrogens is 1. The fraction of sp³-hybridized carbons (Fsp3) is 0.308. The van der Waals surface area contributed by atoms with Gasteiger partial charge in [0.1, 0.15) is 6.10 Å². The molecule has 1 heterocycles. The van der Waals surface area contributed by atoms with Gasteiger partial charge in [-0.2, -0.15) is 0 Å². The second kappa shape index (κ2) is 4.10. The van der Waals surface area contributed by atoms with E-state index in [0.29, 0.717) is 5.56 Å². The first-order valence-corrected chi connectivity index (χ1v) is 5.39. The van der Waals surface area contributed by atoms with Gasteiger partial charge in [0.2, 0.25) is 0 Å². The first kappa shape index (κ1) is 10.9. The normalized spacial score (nSPS) is 13.2. The van der Waals surface area contributed by atoms with Crippen LogP contribution in [-0.2, 0) is 0 Å². The van der Waals surface area contributed by atoms with Gasteiger partial charge in [-0.1, -0.05) is 32.0 Å². The van der Waals surface area contributed by atoms with Crippen molar-refractivity contribution in [3.8, 4) is 0 Å². The third kappa shape index (κ3) is 1.74. The van der Waals surface area contributed by atoms with Crippen molar-refractivity contribution >= 4 is 16.7 Å². The van der Waals surface area contributed by atoms with Crippen molar-refractivity contribution in [3.63, 3.8) is 0 Å². The number of fused-ring (bicyclic) bond motifs is 1. The van der Waals surface area contributed by atoms with Crippen LogP contribution in [0.2, 0.25) is 0 Å². The largest absolute Gasteiger partial charge is 0.385 e. The number of carbonyl (C=O) groups is 1. The Labute approximate surface area is 94.1 Å². The van der Waals surface area contributed by atoms with Crippen LogP contribution in [-0.4, -0.2) is 22.0 Å². The molecule has 0 aliphatic heterocycles. The molecule has 1 aromatic heterocycles. The molecule has 2 N–H and O–H groups in total. The molecule has 0 saturated carbocycles. The van der Waals surface area contributed by atoms with E-state index in [1.165, 1.54) is 0 Å². The molecule has 0 amide bonds. The van der Waals surface area contributed by atoms with Crippen molar-refractivity contribution in [1.82, 2.24) is 4.98 Å². The molecule has 0 saturated heterocycles. The molecule has 1 aromatic carbocycles. The lowest BCUT2D eigenvalue weighted by atomic mass is 9.97. The number of para-hydroxylation sites is 1. The summed E-state index contributed by atoms with van der Waals surface area (Å²) < 4.78 is 0. The van der Waals surface area contributed by atoms with E-state index < -0.39 is 6.10 Å². The number of benzene rings is 1. The van der Waals surface area contributed by atoms with E-state index in [4.69, 9.17) is 0 Å². The molecule has 3 nitrogen and oxygen atoms in total. The summed E-state index contributed by atoms with van der Waals surface area (Å²) in [5.74, 6) is -0.284. The van der Waals surface area contributed by atoms with Crippen LogP contribution in [0, 0.1) is 5.92 Å². The smallest absolute Gasteiger partial charge is 0.193 e. The van der Waals surface area contributed by atoms with Crippen molar-refractivity contribution in [2.24, 2.45) is 5.92 Å². The van der Waals surface area contributed by atoms with Crippen LogP contribution in [0.5, 0.6) is 0 Å². The summed E-state index contributed by atoms with van der Waals surface area (Å²) in [6, 6.07) is 7.58. The van der Waals surface area contributed by atoms with E-state index in [-0.39, 0.29) is 11.7 Å². The highest BCUT2D eigenvalue weighted by atomic mass is 16.3. The van der Waals surface area contributed by atoms with Gasteiger partial charge in [-0.05, 0) is 12.0 Å². The molecular weight excluding hydrogens is 202 g/mol. The maximum absolute atomic E-state index is 12.0. The average molecular weight is 217 g/mol. The van der Waals surface area contributed by atoms with E-state index >= 15 is 0 Å². The Kier molecular flexibility index (Phi) is 2.79. The maximum Gasteiger partial charge on any atom is 0.193 e. The van der Waals surface area contributed by atoms with E-state index in [0.717, 1.165) is 10.9 Å². The van der Waals surface area contributed by atoms with Crippen LogP contribution in [0.25, 0.3) is 10.9 Å². The van der Waals surface area contributed by atoms with Crippen LogP contribution < -0.4 is 0 Å². The lowest BCUT2D eigenvalue weighted by Gasteiger charge is -2.12. The summed E-state index contributed by atoms with van der Waals surface area (Å²) in [5, 5.41) is 10.6. The molecule has 0 aliphatic rings. The highest BCUT2D eigenvalue weighted by Gasteiger charge is 2.22. The quantitative estimate of drug-likeness (QED) is 0.775. The summed E-state index contributed by atoms with van der Waals surface area (Å²) in [6.45, 7) is 3.66. The zero-order valence-corrected chi connectivity index (χ0v) is 9.40. The van der Waals surface area contributed by atoms with Crippen molar-refractivity contribution in [3.05, 3.63) is 36.0 Å². The molecule has 2 rings (SSSR count). The Balaban J connectivity index is 2.44. The van der Waals surface area contributed by atoms with Gasteiger partial charge in [0.25, 0.3) is 0 Å². The number of hydrogen-bond acceptors (Lipinski definition) is 2. The molecule has 3 heteroatoms. The molecule has 16 heavy (non-hydrogen) atoms. The fourth-order valence-electron chi connectivity index (χ4n) is 1.74. The van der Waals surface area contributed by atoms with Gasteiger partial charge in [0.05, 0.1) is 0 Å². The highest BCUT2D eigenvalue weighted by molar-refractivity contribution is 6.09. The van der Waals surface area contributed by atoms with Crippen LogP contribution in [0.1, 0.15) is 24.2 Å². The number of rotatable bonds is 3. The Hall–Kier alpha value is -1.61. The molecule has 0 bridgehead atoms. The number of Topliss-reactive ketones (excluding diaryl/α,β-unsaturated/α-hetero) is 1. The predicted octanol–water partition coefficient (Wildman–Crippen LogP) is 2.37. The number of aliphatic hydroxyl groups excluding tert-OH is 1. The Morgan fingerprint density at radius 3 is 2.69 bits per heavy atom. The molecule has 0 aliphatic carbocycles. The maximum atomic E-state index is 12.0. The molecule has 0 unspecified atom stereocenters. The minimum absolute atomic E-state index is 0.0684. The summed E-state index contributed by atoms with van der Waals surface area (Å²) in [4.78, 5) is 15.0. The molecule has 0 radical (unpaired) electrons. The molecule has 84 valence electrons. The first-order chi connectivity index (χ1) is 7.61. The zero-order valence-electron chi connectivity index (χ0n) is 9.40. The van der Waals surface area contributed by atoms with Crippen LogP contribution >= 0.6 is 0 Å². The van der Waals surface area contributed by atoms with Gasteiger partial charge in [0, 0.05) is 22.7 Å². The van der Waals surface area contributed by atoms with Crippen molar-refractivity contribution in [2.45, 2.75) is 20.0 Å². The number of aromatic amines is 1. The van der Waals surface area contributed by atoms with Crippen molar-refractivity contribution in [2.75, 3.05) is 0 Å². The van der Waals surface area contributed by atoms with Gasteiger partial charge in [-0.3, -0.25) is 4.79 Å². The minimum atomic E-state index is -0.931. The molecule has 0 fully saturated rings. The van der Waals surface area contributed by atoms with Crippen LogP contribution in [0.3, 0.4) is 0 Å². The average Bonchev–Trinajstić information content (AvgIpc) is 2.70. The predicted molar refractivity (Wildman–Crippen MR) is 63.5 cm³/mol. The zero-order chi connectivity index (χ0) is 11.7. The number of carbonyl (C=O) groups excluding carboxylic acids is 1. The molecule has 2 aromatic rings. The summed E-state index contributed by atoms with van der Waals surface area (Å²) in [6.07, 6.45) is 0.734. The van der Waals surface area contributed by atoms with Gasteiger partial charge in [-0.25, -0.2) is 0 Å². The second-order valence-corrected chi connectivity index (χ2v) is 4.30. The number of aromatic nitrogens is 1. The summed E-state index contributed by atoms with van der Waals surface area (Å²) in [7, 11) is 0. The third-order valence-electron chi connectivity index (χ3n) is 2.75. The van der Waals surface area contributed by atoms with E-state index in [1.54, 1.807) is 6.20 Å². The lowest BCUT2D eigenvalue weighted by Crippen LogP contribution is -2.25. The topological polar surface area (TPSA) is 53.1 Å².